The van der Waals surface area contributed by atoms with Gasteiger partial charge in [-0.15, -0.1) is 0 Å². The number of hydrogen-bond donors (Lipinski definition) is 1. The summed E-state index contributed by atoms with van der Waals surface area (Å²) in [6, 6.07) is 8.30. The first kappa shape index (κ1) is 14.0. The van der Waals surface area contributed by atoms with Gasteiger partial charge in [-0.1, -0.05) is 12.1 Å². The van der Waals surface area contributed by atoms with E-state index >= 15 is 0 Å². The average molecular weight is 261 g/mol. The van der Waals surface area contributed by atoms with Crippen LogP contribution in [-0.4, -0.2) is 36.4 Å². The van der Waals surface area contributed by atoms with Crippen molar-refractivity contribution in [2.45, 2.75) is 19.3 Å². The van der Waals surface area contributed by atoms with Crippen molar-refractivity contribution in [3.63, 3.8) is 0 Å². The second-order valence-electron chi connectivity index (χ2n) is 4.78. The zero-order chi connectivity index (χ0) is 13.5. The molecule has 0 amide bonds. The molecule has 2 aromatic rings. The molecule has 0 unspecified atom stereocenters. The van der Waals surface area contributed by atoms with Gasteiger partial charge in [0, 0.05) is 27.1 Å². The highest BCUT2D eigenvalue weighted by Gasteiger charge is 2.05. The van der Waals surface area contributed by atoms with Gasteiger partial charge < -0.3 is 14.6 Å². The second kappa shape index (κ2) is 7.26. The van der Waals surface area contributed by atoms with E-state index in [1.165, 1.54) is 17.8 Å². The van der Waals surface area contributed by atoms with Crippen LogP contribution in [-0.2, 0) is 18.2 Å². The monoisotopic (exact) mass is 261 g/mol. The topological polar surface area (TPSA) is 39.1 Å². The molecule has 1 aromatic carbocycles. The van der Waals surface area contributed by atoms with Crippen molar-refractivity contribution in [2.75, 3.05) is 26.8 Å². The highest BCUT2D eigenvalue weighted by Crippen LogP contribution is 2.15. The van der Waals surface area contributed by atoms with Crippen molar-refractivity contribution in [1.82, 2.24) is 14.9 Å². The number of aryl methyl sites for hydroxylation is 2. The molecule has 1 N–H and O–H groups in total. The maximum absolute atomic E-state index is 4.99. The molecule has 0 fully saturated rings. The molecule has 0 spiro atoms. The van der Waals surface area contributed by atoms with Crippen molar-refractivity contribution in [1.29, 1.82) is 0 Å². The van der Waals surface area contributed by atoms with Crippen LogP contribution >= 0.6 is 0 Å². The number of unbranched alkanes of at least 4 members (excludes halogenated alkanes) is 1. The van der Waals surface area contributed by atoms with Crippen LogP contribution in [0.5, 0.6) is 0 Å². The molecule has 104 valence electrons. The Bertz CT molecular complexity index is 507. The lowest BCUT2D eigenvalue weighted by Gasteiger charge is -2.04. The molecule has 19 heavy (non-hydrogen) atoms. The lowest BCUT2D eigenvalue weighted by atomic mass is 10.2. The van der Waals surface area contributed by atoms with Crippen LogP contribution in [0, 0.1) is 0 Å². The number of nitrogens with one attached hydrogen (secondary N) is 1. The summed E-state index contributed by atoms with van der Waals surface area (Å²) in [5, 5.41) is 3.36. The van der Waals surface area contributed by atoms with Crippen LogP contribution in [0.1, 0.15) is 18.7 Å². The van der Waals surface area contributed by atoms with E-state index in [0.717, 1.165) is 38.1 Å². The minimum absolute atomic E-state index is 0.782. The van der Waals surface area contributed by atoms with E-state index in [4.69, 9.17) is 4.74 Å². The van der Waals surface area contributed by atoms with Gasteiger partial charge in [0.15, 0.2) is 0 Å². The fourth-order valence-corrected chi connectivity index (χ4v) is 2.25. The summed E-state index contributed by atoms with van der Waals surface area (Å²) in [6.45, 7) is 2.76. The summed E-state index contributed by atoms with van der Waals surface area (Å²) in [5.41, 5.74) is 2.31. The molecule has 0 aliphatic rings. The maximum Gasteiger partial charge on any atom is 0.109 e. The molecule has 1 aromatic heterocycles. The van der Waals surface area contributed by atoms with Crippen LogP contribution in [0.15, 0.2) is 24.3 Å². The zero-order valence-electron chi connectivity index (χ0n) is 11.9. The Morgan fingerprint density at radius 3 is 2.84 bits per heavy atom. The first-order chi connectivity index (χ1) is 9.33. The third kappa shape index (κ3) is 3.78. The number of imidazole rings is 1. The molecule has 1 heterocycles. The van der Waals surface area contributed by atoms with Gasteiger partial charge in [0.2, 0.25) is 0 Å². The van der Waals surface area contributed by atoms with Crippen LogP contribution in [0.4, 0.5) is 0 Å². The number of hydrogen-bond acceptors (Lipinski definition) is 3. The second-order valence-corrected chi connectivity index (χ2v) is 4.78. The Morgan fingerprint density at radius 2 is 2.05 bits per heavy atom. The van der Waals surface area contributed by atoms with E-state index in [0.29, 0.717) is 0 Å². The fraction of sp³-hybridized carbons (Fsp3) is 0.533. The summed E-state index contributed by atoms with van der Waals surface area (Å²) in [7, 11) is 3.83. The quantitative estimate of drug-likeness (QED) is 0.740. The van der Waals surface area contributed by atoms with Crippen molar-refractivity contribution in [2.24, 2.45) is 7.05 Å². The number of aromatic nitrogens is 2. The number of rotatable bonds is 8. The van der Waals surface area contributed by atoms with Gasteiger partial charge in [0.25, 0.3) is 0 Å². The summed E-state index contributed by atoms with van der Waals surface area (Å²) in [5.74, 6) is 1.18. The highest BCUT2D eigenvalue weighted by molar-refractivity contribution is 5.75. The third-order valence-electron chi connectivity index (χ3n) is 3.37. The summed E-state index contributed by atoms with van der Waals surface area (Å²) >= 11 is 0. The summed E-state index contributed by atoms with van der Waals surface area (Å²) < 4.78 is 7.19. The molecular formula is C15H23N3O. The molecule has 2 rings (SSSR count). The minimum atomic E-state index is 0.782. The lowest BCUT2D eigenvalue weighted by molar-refractivity contribution is 0.199. The van der Waals surface area contributed by atoms with Crippen LogP contribution in [0.25, 0.3) is 11.0 Å². The molecule has 4 heteroatoms. The standard InChI is InChI=1S/C15H23N3O/c1-18-14-8-4-3-7-13(14)17-15(18)9-5-6-10-16-11-12-19-2/h3-4,7-8,16H,5-6,9-12H2,1-2H3. The van der Waals surface area contributed by atoms with E-state index in [9.17, 15) is 0 Å². The van der Waals surface area contributed by atoms with Gasteiger partial charge >= 0.3 is 0 Å². The van der Waals surface area contributed by atoms with Crippen molar-refractivity contribution < 1.29 is 4.74 Å². The number of fused-ring (bicyclic) bond motifs is 1. The summed E-state index contributed by atoms with van der Waals surface area (Å²) in [6.07, 6.45) is 3.38. The smallest absolute Gasteiger partial charge is 0.109 e. The molecule has 0 atom stereocenters. The largest absolute Gasteiger partial charge is 0.383 e. The Balaban J connectivity index is 1.77. The van der Waals surface area contributed by atoms with E-state index in [-0.39, 0.29) is 0 Å². The summed E-state index contributed by atoms with van der Waals surface area (Å²) in [4.78, 5) is 4.68. The molecule has 4 nitrogen and oxygen atoms in total. The molecule has 0 aliphatic carbocycles. The van der Waals surface area contributed by atoms with Crippen molar-refractivity contribution >= 4 is 11.0 Å². The molecule has 0 radical (unpaired) electrons. The van der Waals surface area contributed by atoms with Crippen LogP contribution in [0.3, 0.4) is 0 Å². The Hall–Kier alpha value is -1.39. The van der Waals surface area contributed by atoms with E-state index in [1.54, 1.807) is 7.11 Å². The minimum Gasteiger partial charge on any atom is -0.383 e. The maximum atomic E-state index is 4.99. The van der Waals surface area contributed by atoms with Gasteiger partial charge in [-0.3, -0.25) is 0 Å². The number of methoxy groups -OCH3 is 1. The Morgan fingerprint density at radius 1 is 1.21 bits per heavy atom. The van der Waals surface area contributed by atoms with Gasteiger partial charge in [-0.25, -0.2) is 4.98 Å². The van der Waals surface area contributed by atoms with Gasteiger partial charge in [0.1, 0.15) is 5.82 Å². The van der Waals surface area contributed by atoms with Crippen LogP contribution < -0.4 is 5.32 Å². The predicted octanol–water partition coefficient (Wildman–Crippen LogP) is 2.13. The Labute approximate surface area is 114 Å². The number of para-hydroxylation sites is 2. The third-order valence-corrected chi connectivity index (χ3v) is 3.37. The highest BCUT2D eigenvalue weighted by atomic mass is 16.5. The number of nitrogens with zero attached hydrogens (tertiary/aromatic N) is 2. The van der Waals surface area contributed by atoms with Gasteiger partial charge in [-0.05, 0) is 31.5 Å². The van der Waals surface area contributed by atoms with Crippen molar-refractivity contribution in [3.05, 3.63) is 30.1 Å². The lowest BCUT2D eigenvalue weighted by Crippen LogP contribution is -2.20. The molecular weight excluding hydrogens is 238 g/mol. The number of benzene rings is 1. The normalized spacial score (nSPS) is 11.3. The van der Waals surface area contributed by atoms with Gasteiger partial charge in [0.05, 0.1) is 17.6 Å². The zero-order valence-corrected chi connectivity index (χ0v) is 11.9. The average Bonchev–Trinajstić information content (AvgIpc) is 2.75. The fourth-order valence-electron chi connectivity index (χ4n) is 2.25. The first-order valence-corrected chi connectivity index (χ1v) is 6.93. The SMILES string of the molecule is COCCNCCCCc1nc2ccccc2n1C. The molecule has 0 bridgehead atoms. The van der Waals surface area contributed by atoms with Crippen molar-refractivity contribution in [3.8, 4) is 0 Å². The van der Waals surface area contributed by atoms with E-state index in [2.05, 4.69) is 40.1 Å². The molecule has 0 aliphatic heterocycles. The Kier molecular flexibility index (Phi) is 5.36. The first-order valence-electron chi connectivity index (χ1n) is 6.93. The number of ether oxygens (including phenoxy) is 1. The predicted molar refractivity (Wildman–Crippen MR) is 78.4 cm³/mol. The molecule has 0 saturated heterocycles. The van der Waals surface area contributed by atoms with Crippen LogP contribution in [0.2, 0.25) is 0 Å². The van der Waals surface area contributed by atoms with E-state index < -0.39 is 0 Å². The van der Waals surface area contributed by atoms with E-state index in [1.807, 2.05) is 6.07 Å². The van der Waals surface area contributed by atoms with Gasteiger partial charge in [-0.2, -0.15) is 0 Å². The molecule has 0 saturated carbocycles.